The van der Waals surface area contributed by atoms with Crippen molar-refractivity contribution in [3.05, 3.63) is 53.6 Å². The molecule has 4 N–H and O–H groups in total. The standard InChI is InChI=1S/C18H23N3O2/c1-12(21(2)3)11-23-15-7-4-13(5-8-15)18(22)14-6-9-16(19)17(20)10-14/h4-10,12H,11,19-20H2,1-3H3. The topological polar surface area (TPSA) is 81.6 Å². The third kappa shape index (κ3) is 4.23. The molecular formula is C18H23N3O2. The van der Waals surface area contributed by atoms with Crippen molar-refractivity contribution in [3.63, 3.8) is 0 Å². The van der Waals surface area contributed by atoms with Crippen LogP contribution in [0.25, 0.3) is 0 Å². The fraction of sp³-hybridized carbons (Fsp3) is 0.278. The molecule has 5 nitrogen and oxygen atoms in total. The predicted molar refractivity (Wildman–Crippen MR) is 93.8 cm³/mol. The number of nitrogens with zero attached hydrogens (tertiary/aromatic N) is 1. The van der Waals surface area contributed by atoms with Crippen molar-refractivity contribution in [1.82, 2.24) is 4.90 Å². The summed E-state index contributed by atoms with van der Waals surface area (Å²) in [5.41, 5.74) is 13.4. The maximum atomic E-state index is 12.4. The van der Waals surface area contributed by atoms with Crippen LogP contribution in [-0.2, 0) is 0 Å². The van der Waals surface area contributed by atoms with Crippen LogP contribution in [0.15, 0.2) is 42.5 Å². The van der Waals surface area contributed by atoms with Crippen LogP contribution >= 0.6 is 0 Å². The molecule has 0 saturated heterocycles. The van der Waals surface area contributed by atoms with Gasteiger partial charge in [-0.05, 0) is 63.5 Å². The maximum absolute atomic E-state index is 12.4. The molecule has 0 spiro atoms. The van der Waals surface area contributed by atoms with Gasteiger partial charge in [-0.3, -0.25) is 4.79 Å². The van der Waals surface area contributed by atoms with Gasteiger partial charge >= 0.3 is 0 Å². The van der Waals surface area contributed by atoms with E-state index in [0.29, 0.717) is 35.2 Å². The number of ketones is 1. The van der Waals surface area contributed by atoms with Crippen LogP contribution < -0.4 is 16.2 Å². The third-order valence-electron chi connectivity index (χ3n) is 3.84. The summed E-state index contributed by atoms with van der Waals surface area (Å²) in [6, 6.07) is 12.3. The number of rotatable bonds is 6. The minimum absolute atomic E-state index is 0.0927. The molecule has 5 heteroatoms. The van der Waals surface area contributed by atoms with Crippen molar-refractivity contribution in [2.75, 3.05) is 32.2 Å². The third-order valence-corrected chi connectivity index (χ3v) is 3.84. The van der Waals surface area contributed by atoms with Crippen LogP contribution in [-0.4, -0.2) is 37.4 Å². The van der Waals surface area contributed by atoms with Crippen molar-refractivity contribution in [2.24, 2.45) is 0 Å². The van der Waals surface area contributed by atoms with E-state index in [1.54, 1.807) is 42.5 Å². The summed E-state index contributed by atoms with van der Waals surface area (Å²) in [6.45, 7) is 2.68. The molecule has 1 atom stereocenters. The Morgan fingerprint density at radius 2 is 1.65 bits per heavy atom. The second-order valence-corrected chi connectivity index (χ2v) is 5.82. The highest BCUT2D eigenvalue weighted by Crippen LogP contribution is 2.20. The molecule has 0 fully saturated rings. The first kappa shape index (κ1) is 16.8. The van der Waals surface area contributed by atoms with Crippen molar-refractivity contribution >= 4 is 17.2 Å². The number of benzene rings is 2. The summed E-state index contributed by atoms with van der Waals surface area (Å²) in [5.74, 6) is 0.650. The number of likely N-dealkylation sites (N-methyl/N-ethyl adjacent to an activating group) is 1. The summed E-state index contributed by atoms with van der Waals surface area (Å²) in [6.07, 6.45) is 0. The Labute approximate surface area is 136 Å². The van der Waals surface area contributed by atoms with Gasteiger partial charge < -0.3 is 21.1 Å². The molecular weight excluding hydrogens is 290 g/mol. The second kappa shape index (κ2) is 7.15. The lowest BCUT2D eigenvalue weighted by atomic mass is 10.0. The first-order chi connectivity index (χ1) is 10.9. The van der Waals surface area contributed by atoms with Crippen LogP contribution in [0.5, 0.6) is 5.75 Å². The largest absolute Gasteiger partial charge is 0.492 e. The van der Waals surface area contributed by atoms with Crippen LogP contribution in [0.2, 0.25) is 0 Å². The van der Waals surface area contributed by atoms with Gasteiger partial charge in [0.1, 0.15) is 12.4 Å². The SMILES string of the molecule is CC(COc1ccc(C(=O)c2ccc(N)c(N)c2)cc1)N(C)C. The summed E-state index contributed by atoms with van der Waals surface area (Å²) < 4.78 is 5.71. The van der Waals surface area contributed by atoms with E-state index in [1.807, 2.05) is 14.1 Å². The first-order valence-corrected chi connectivity index (χ1v) is 7.47. The molecule has 0 bridgehead atoms. The fourth-order valence-corrected chi connectivity index (χ4v) is 1.95. The molecule has 2 rings (SSSR count). The number of carbonyl (C=O) groups is 1. The second-order valence-electron chi connectivity index (χ2n) is 5.82. The summed E-state index contributed by atoms with van der Waals surface area (Å²) in [4.78, 5) is 14.5. The Hall–Kier alpha value is -2.53. The monoisotopic (exact) mass is 313 g/mol. The lowest BCUT2D eigenvalue weighted by Gasteiger charge is -2.20. The van der Waals surface area contributed by atoms with Crippen molar-refractivity contribution in [2.45, 2.75) is 13.0 Å². The highest BCUT2D eigenvalue weighted by atomic mass is 16.5. The predicted octanol–water partition coefficient (Wildman–Crippen LogP) is 2.41. The summed E-state index contributed by atoms with van der Waals surface area (Å²) >= 11 is 0. The van der Waals surface area contributed by atoms with E-state index >= 15 is 0 Å². The Morgan fingerprint density at radius 1 is 1.04 bits per heavy atom. The number of ether oxygens (including phenoxy) is 1. The minimum atomic E-state index is -0.0927. The van der Waals surface area contributed by atoms with E-state index in [2.05, 4.69) is 11.8 Å². The highest BCUT2D eigenvalue weighted by Gasteiger charge is 2.11. The molecule has 0 aliphatic heterocycles. The zero-order chi connectivity index (χ0) is 17.0. The number of anilines is 2. The van der Waals surface area contributed by atoms with E-state index < -0.39 is 0 Å². The lowest BCUT2D eigenvalue weighted by molar-refractivity contribution is 0.103. The molecule has 122 valence electrons. The Morgan fingerprint density at radius 3 is 2.22 bits per heavy atom. The van der Waals surface area contributed by atoms with Gasteiger partial charge in [0.2, 0.25) is 0 Å². The molecule has 2 aromatic carbocycles. The van der Waals surface area contributed by atoms with Gasteiger partial charge in [0, 0.05) is 17.2 Å². The molecule has 2 aromatic rings. The molecule has 0 aromatic heterocycles. The van der Waals surface area contributed by atoms with Gasteiger partial charge in [-0.15, -0.1) is 0 Å². The van der Waals surface area contributed by atoms with Gasteiger partial charge in [-0.25, -0.2) is 0 Å². The zero-order valence-corrected chi connectivity index (χ0v) is 13.7. The van der Waals surface area contributed by atoms with Gasteiger partial charge in [-0.1, -0.05) is 0 Å². The Kier molecular flexibility index (Phi) is 5.24. The van der Waals surface area contributed by atoms with E-state index in [-0.39, 0.29) is 5.78 Å². The smallest absolute Gasteiger partial charge is 0.193 e. The molecule has 0 aliphatic carbocycles. The lowest BCUT2D eigenvalue weighted by Crippen LogP contribution is -2.30. The fourth-order valence-electron chi connectivity index (χ4n) is 1.95. The average Bonchev–Trinajstić information content (AvgIpc) is 2.54. The molecule has 1 unspecified atom stereocenters. The number of hydrogen-bond donors (Lipinski definition) is 2. The highest BCUT2D eigenvalue weighted by molar-refractivity contribution is 6.09. The van der Waals surface area contributed by atoms with Crippen molar-refractivity contribution in [1.29, 1.82) is 0 Å². The zero-order valence-electron chi connectivity index (χ0n) is 13.7. The van der Waals surface area contributed by atoms with Gasteiger partial charge in [0.25, 0.3) is 0 Å². The number of hydrogen-bond acceptors (Lipinski definition) is 5. The normalized spacial score (nSPS) is 12.2. The van der Waals surface area contributed by atoms with E-state index in [9.17, 15) is 4.79 Å². The molecule has 0 amide bonds. The van der Waals surface area contributed by atoms with Crippen LogP contribution in [0, 0.1) is 0 Å². The van der Waals surface area contributed by atoms with Crippen LogP contribution in [0.1, 0.15) is 22.8 Å². The molecule has 0 radical (unpaired) electrons. The van der Waals surface area contributed by atoms with E-state index in [1.165, 1.54) is 0 Å². The maximum Gasteiger partial charge on any atom is 0.193 e. The molecule has 23 heavy (non-hydrogen) atoms. The molecule has 0 heterocycles. The van der Waals surface area contributed by atoms with E-state index in [0.717, 1.165) is 5.75 Å². The van der Waals surface area contributed by atoms with Gasteiger partial charge in [0.05, 0.1) is 11.4 Å². The van der Waals surface area contributed by atoms with Crippen LogP contribution in [0.3, 0.4) is 0 Å². The minimum Gasteiger partial charge on any atom is -0.492 e. The quantitative estimate of drug-likeness (QED) is 0.632. The van der Waals surface area contributed by atoms with Crippen molar-refractivity contribution < 1.29 is 9.53 Å². The average molecular weight is 313 g/mol. The number of nitrogens with two attached hydrogens (primary N) is 2. The number of nitrogen functional groups attached to an aromatic ring is 2. The van der Waals surface area contributed by atoms with Crippen molar-refractivity contribution in [3.8, 4) is 5.75 Å². The van der Waals surface area contributed by atoms with E-state index in [4.69, 9.17) is 16.2 Å². The summed E-state index contributed by atoms with van der Waals surface area (Å²) in [7, 11) is 4.02. The first-order valence-electron chi connectivity index (χ1n) is 7.47. The summed E-state index contributed by atoms with van der Waals surface area (Å²) in [5, 5.41) is 0. The van der Waals surface area contributed by atoms with Crippen LogP contribution in [0.4, 0.5) is 11.4 Å². The van der Waals surface area contributed by atoms with Gasteiger partial charge in [0.15, 0.2) is 5.78 Å². The van der Waals surface area contributed by atoms with Gasteiger partial charge in [-0.2, -0.15) is 0 Å². The Bertz CT molecular complexity index is 681. The molecule has 0 aliphatic rings. The number of carbonyl (C=O) groups excluding carboxylic acids is 1. The Balaban J connectivity index is 2.06. The molecule has 0 saturated carbocycles.